The van der Waals surface area contributed by atoms with Gasteiger partial charge in [0.2, 0.25) is 11.1 Å². The molecule has 4 rings (SSSR count). The Morgan fingerprint density at radius 2 is 2.03 bits per heavy atom. The van der Waals surface area contributed by atoms with Crippen molar-refractivity contribution in [2.75, 3.05) is 17.9 Å². The van der Waals surface area contributed by atoms with Crippen LogP contribution in [0.2, 0.25) is 0 Å². The fraction of sp³-hybridized carbons (Fsp3) is 0.286. The average Bonchev–Trinajstić information content (AvgIpc) is 3.15. The van der Waals surface area contributed by atoms with Gasteiger partial charge in [-0.25, -0.2) is 4.68 Å². The van der Waals surface area contributed by atoms with Crippen LogP contribution < -0.4 is 15.5 Å². The van der Waals surface area contributed by atoms with E-state index in [0.717, 1.165) is 34.8 Å². The van der Waals surface area contributed by atoms with Crippen molar-refractivity contribution in [2.24, 2.45) is 0 Å². The number of hydrogen-bond donors (Lipinski definition) is 2. The monoisotopic (exact) mass is 409 g/mol. The summed E-state index contributed by atoms with van der Waals surface area (Å²) in [5, 5.41) is 11.8. The number of ether oxygens (including phenoxy) is 1. The van der Waals surface area contributed by atoms with Gasteiger partial charge in [0.15, 0.2) is 5.82 Å². The van der Waals surface area contributed by atoms with E-state index in [9.17, 15) is 4.79 Å². The maximum absolute atomic E-state index is 13.2. The van der Waals surface area contributed by atoms with Crippen molar-refractivity contribution in [3.63, 3.8) is 0 Å². The number of carbonyl (C=O) groups excluding carboxylic acids is 1. The molecule has 8 heteroatoms. The lowest BCUT2D eigenvalue weighted by Gasteiger charge is -2.33. The first-order valence-corrected chi connectivity index (χ1v) is 10.4. The van der Waals surface area contributed by atoms with Gasteiger partial charge >= 0.3 is 0 Å². The second-order valence-corrected chi connectivity index (χ2v) is 7.97. The van der Waals surface area contributed by atoms with E-state index in [4.69, 9.17) is 4.74 Å². The highest BCUT2D eigenvalue weighted by molar-refractivity contribution is 8.00. The molecule has 29 heavy (non-hydrogen) atoms. The van der Waals surface area contributed by atoms with Crippen LogP contribution in [0.3, 0.4) is 0 Å². The Morgan fingerprint density at radius 1 is 1.24 bits per heavy atom. The first-order chi connectivity index (χ1) is 14.1. The minimum atomic E-state index is -0.412. The van der Waals surface area contributed by atoms with Crippen LogP contribution in [0.5, 0.6) is 5.75 Å². The molecule has 0 saturated heterocycles. The number of methoxy groups -OCH3 is 1. The molecule has 2 heterocycles. The molecule has 0 unspecified atom stereocenters. The molecule has 0 saturated carbocycles. The molecule has 2 aromatic carbocycles. The predicted octanol–water partition coefficient (Wildman–Crippen LogP) is 3.56. The third-order valence-corrected chi connectivity index (χ3v) is 6.05. The summed E-state index contributed by atoms with van der Waals surface area (Å²) in [5.74, 6) is 1.53. The van der Waals surface area contributed by atoms with Crippen LogP contribution in [0.15, 0.2) is 53.7 Å². The normalized spacial score (nSPS) is 17.9. The first-order valence-electron chi connectivity index (χ1n) is 9.48. The zero-order valence-electron chi connectivity index (χ0n) is 16.5. The lowest BCUT2D eigenvalue weighted by molar-refractivity contribution is -0.116. The largest absolute Gasteiger partial charge is 0.497 e. The van der Waals surface area contributed by atoms with E-state index in [2.05, 4.69) is 20.9 Å². The van der Waals surface area contributed by atoms with Gasteiger partial charge in [-0.05, 0) is 42.3 Å². The minimum absolute atomic E-state index is 0.0822. The number of hydrogen-bond acceptors (Lipinski definition) is 6. The summed E-state index contributed by atoms with van der Waals surface area (Å²) in [4.78, 5) is 13.2. The zero-order chi connectivity index (χ0) is 20.4. The summed E-state index contributed by atoms with van der Waals surface area (Å²) in [7, 11) is 1.64. The van der Waals surface area contributed by atoms with Crippen molar-refractivity contribution in [2.45, 2.75) is 36.7 Å². The molecule has 7 nitrogen and oxygen atoms in total. The third kappa shape index (κ3) is 3.93. The molecule has 0 bridgehead atoms. The number of aromatic nitrogens is 3. The van der Waals surface area contributed by atoms with E-state index in [1.165, 1.54) is 11.8 Å². The van der Waals surface area contributed by atoms with Crippen molar-refractivity contribution < 1.29 is 9.53 Å². The van der Waals surface area contributed by atoms with Gasteiger partial charge in [-0.1, -0.05) is 43.0 Å². The maximum atomic E-state index is 13.2. The second kappa shape index (κ2) is 8.16. The van der Waals surface area contributed by atoms with Crippen LogP contribution in [0.25, 0.3) is 0 Å². The Morgan fingerprint density at radius 3 is 2.72 bits per heavy atom. The second-order valence-electron chi connectivity index (χ2n) is 6.86. The van der Waals surface area contributed by atoms with Crippen molar-refractivity contribution in [1.29, 1.82) is 0 Å². The quantitative estimate of drug-likeness (QED) is 0.671. The van der Waals surface area contributed by atoms with Gasteiger partial charge in [0.25, 0.3) is 0 Å². The van der Waals surface area contributed by atoms with E-state index in [0.29, 0.717) is 5.16 Å². The fourth-order valence-electron chi connectivity index (χ4n) is 3.33. The number of rotatable bonds is 5. The van der Waals surface area contributed by atoms with Gasteiger partial charge in [0.05, 0.1) is 13.2 Å². The Kier molecular flexibility index (Phi) is 5.44. The molecule has 1 aliphatic heterocycles. The molecule has 0 fully saturated rings. The maximum Gasteiger partial charge on any atom is 0.240 e. The van der Waals surface area contributed by atoms with E-state index in [1.807, 2.05) is 67.1 Å². The lowest BCUT2D eigenvalue weighted by atomic mass is 10.0. The van der Waals surface area contributed by atoms with Crippen LogP contribution in [-0.4, -0.2) is 33.1 Å². The molecule has 2 N–H and O–H groups in total. The van der Waals surface area contributed by atoms with E-state index < -0.39 is 5.25 Å². The highest BCUT2D eigenvalue weighted by Crippen LogP contribution is 2.38. The third-order valence-electron chi connectivity index (χ3n) is 4.84. The van der Waals surface area contributed by atoms with Crippen molar-refractivity contribution in [3.8, 4) is 5.75 Å². The van der Waals surface area contributed by atoms with Gasteiger partial charge in [0.1, 0.15) is 11.0 Å². The number of amides is 1. The van der Waals surface area contributed by atoms with Gasteiger partial charge < -0.3 is 15.5 Å². The minimum Gasteiger partial charge on any atom is -0.497 e. The predicted molar refractivity (Wildman–Crippen MR) is 114 cm³/mol. The first kappa shape index (κ1) is 19.3. The van der Waals surface area contributed by atoms with Crippen molar-refractivity contribution in [3.05, 3.63) is 65.5 Å². The smallest absolute Gasteiger partial charge is 0.240 e. The lowest BCUT2D eigenvalue weighted by Crippen LogP contribution is -2.41. The Bertz CT molecular complexity index is 1020. The SMILES string of the molecule is CCc1nnc2n1N[C@@H](c1ccc(OC)cc1)[C@@H](C(=O)Nc1cccc(C)c1)S2. The number of benzene rings is 2. The highest BCUT2D eigenvalue weighted by atomic mass is 32.2. The number of carbonyl (C=O) groups is 1. The molecular weight excluding hydrogens is 386 g/mol. The number of nitrogens with zero attached hydrogens (tertiary/aromatic N) is 3. The molecule has 2 atom stereocenters. The van der Waals surface area contributed by atoms with Crippen molar-refractivity contribution in [1.82, 2.24) is 14.9 Å². The molecule has 0 spiro atoms. The van der Waals surface area contributed by atoms with E-state index in [1.54, 1.807) is 7.11 Å². The topological polar surface area (TPSA) is 81.1 Å². The van der Waals surface area contributed by atoms with Crippen molar-refractivity contribution >= 4 is 23.4 Å². The molecule has 150 valence electrons. The summed E-state index contributed by atoms with van der Waals surface area (Å²) in [6.45, 7) is 4.03. The summed E-state index contributed by atoms with van der Waals surface area (Å²) >= 11 is 1.42. The standard InChI is InChI=1S/C21H23N5O2S/c1-4-17-23-24-21-26(17)25-18(14-8-10-16(28-3)11-9-14)19(29-21)20(27)22-15-7-5-6-13(2)12-15/h5-12,18-19,25H,4H2,1-3H3,(H,22,27)/t18-,19-/m0/s1. The molecule has 1 aliphatic rings. The fourth-order valence-corrected chi connectivity index (χ4v) is 4.42. The molecule has 0 aliphatic carbocycles. The highest BCUT2D eigenvalue weighted by Gasteiger charge is 2.37. The van der Waals surface area contributed by atoms with Gasteiger partial charge in [-0.3, -0.25) is 4.79 Å². The number of nitrogens with one attached hydrogen (secondary N) is 2. The van der Waals surface area contributed by atoms with Gasteiger partial charge in [-0.2, -0.15) is 0 Å². The van der Waals surface area contributed by atoms with Gasteiger partial charge in [0, 0.05) is 12.1 Å². The molecular formula is C21H23N5O2S. The van der Waals surface area contributed by atoms with Crippen LogP contribution in [0.1, 0.15) is 29.9 Å². The number of aryl methyl sites for hydroxylation is 2. The zero-order valence-corrected chi connectivity index (χ0v) is 17.4. The molecule has 1 amide bonds. The molecule has 1 aromatic heterocycles. The van der Waals surface area contributed by atoms with Crippen LogP contribution in [-0.2, 0) is 11.2 Å². The Balaban J connectivity index is 1.66. The molecule has 0 radical (unpaired) electrons. The van der Waals surface area contributed by atoms with E-state index >= 15 is 0 Å². The summed E-state index contributed by atoms with van der Waals surface area (Å²) in [6, 6.07) is 15.3. The average molecular weight is 410 g/mol. The number of fused-ring (bicyclic) bond motifs is 1. The van der Waals surface area contributed by atoms with Crippen LogP contribution >= 0.6 is 11.8 Å². The van der Waals surface area contributed by atoms with Crippen LogP contribution in [0, 0.1) is 6.92 Å². The van der Waals surface area contributed by atoms with Gasteiger partial charge in [-0.15, -0.1) is 10.2 Å². The number of thioether (sulfide) groups is 1. The summed E-state index contributed by atoms with van der Waals surface area (Å²) < 4.78 is 7.16. The molecule has 3 aromatic rings. The summed E-state index contributed by atoms with van der Waals surface area (Å²) in [6.07, 6.45) is 0.746. The Labute approximate surface area is 173 Å². The number of anilines is 1. The van der Waals surface area contributed by atoms with Crippen LogP contribution in [0.4, 0.5) is 5.69 Å². The van der Waals surface area contributed by atoms with E-state index in [-0.39, 0.29) is 11.9 Å². The summed E-state index contributed by atoms with van der Waals surface area (Å²) in [5.41, 5.74) is 6.31. The Hall–Kier alpha value is -3.00.